The minimum atomic E-state index is -4.48. The average Bonchev–Trinajstić information content (AvgIpc) is 2.73. The maximum atomic E-state index is 14.6. The molecule has 9 heteroatoms. The number of benzene rings is 2. The van der Waals surface area contributed by atoms with E-state index in [0.29, 0.717) is 23.3 Å². The summed E-state index contributed by atoms with van der Waals surface area (Å²) in [6.07, 6.45) is -2.76. The van der Waals surface area contributed by atoms with Crippen molar-refractivity contribution >= 4 is 23.0 Å². The molecular formula is C22H16F5N3O. The molecule has 2 aliphatic heterocycles. The molecule has 1 N–H and O–H groups in total. The second kappa shape index (κ2) is 7.64. The van der Waals surface area contributed by atoms with Crippen molar-refractivity contribution in [3.8, 4) is 0 Å². The molecule has 0 unspecified atom stereocenters. The number of hydrogen-bond acceptors (Lipinski definition) is 4. The van der Waals surface area contributed by atoms with Crippen molar-refractivity contribution in [1.29, 1.82) is 0 Å². The van der Waals surface area contributed by atoms with Crippen LogP contribution in [0.25, 0.3) is 11.4 Å². The van der Waals surface area contributed by atoms with E-state index in [1.54, 1.807) is 0 Å². The zero-order valence-corrected chi connectivity index (χ0v) is 16.2. The Balaban J connectivity index is 1.76. The normalized spacial score (nSPS) is 16.6. The molecule has 4 rings (SSSR count). The van der Waals surface area contributed by atoms with E-state index in [0.717, 1.165) is 24.3 Å². The first-order chi connectivity index (χ1) is 14.7. The predicted molar refractivity (Wildman–Crippen MR) is 105 cm³/mol. The van der Waals surface area contributed by atoms with E-state index in [1.807, 2.05) is 6.92 Å². The highest BCUT2D eigenvalue weighted by atomic mass is 19.4. The Morgan fingerprint density at radius 1 is 1.10 bits per heavy atom. The first kappa shape index (κ1) is 20.8. The van der Waals surface area contributed by atoms with Gasteiger partial charge in [0.15, 0.2) is 5.84 Å². The summed E-state index contributed by atoms with van der Waals surface area (Å²) in [7, 11) is 0. The number of fused-ring (bicyclic) bond motifs is 1. The minimum absolute atomic E-state index is 0.0200. The molecule has 0 aliphatic carbocycles. The maximum absolute atomic E-state index is 14.6. The summed E-state index contributed by atoms with van der Waals surface area (Å²) in [5.41, 5.74) is 3.83. The van der Waals surface area contributed by atoms with E-state index in [9.17, 15) is 26.7 Å². The zero-order valence-electron chi connectivity index (χ0n) is 16.2. The lowest BCUT2D eigenvalue weighted by atomic mass is 9.99. The van der Waals surface area contributed by atoms with E-state index >= 15 is 0 Å². The van der Waals surface area contributed by atoms with Crippen molar-refractivity contribution in [2.75, 3.05) is 6.54 Å². The molecule has 2 aromatic rings. The molecule has 0 spiro atoms. The van der Waals surface area contributed by atoms with Crippen LogP contribution in [0.3, 0.4) is 0 Å². The second-order valence-electron chi connectivity index (χ2n) is 7.01. The number of carbonyl (C=O) groups is 1. The van der Waals surface area contributed by atoms with Gasteiger partial charge < -0.3 is 0 Å². The van der Waals surface area contributed by atoms with Gasteiger partial charge >= 0.3 is 6.18 Å². The largest absolute Gasteiger partial charge is 0.416 e. The van der Waals surface area contributed by atoms with Crippen LogP contribution in [0, 0.1) is 11.6 Å². The third kappa shape index (κ3) is 3.83. The van der Waals surface area contributed by atoms with Crippen LogP contribution in [-0.4, -0.2) is 23.2 Å². The Bertz CT molecular complexity index is 1150. The number of nitrogens with one attached hydrogen (secondary N) is 1. The van der Waals surface area contributed by atoms with Crippen molar-refractivity contribution in [2.24, 2.45) is 4.99 Å². The zero-order chi connectivity index (χ0) is 22.3. The first-order valence-corrected chi connectivity index (χ1v) is 9.41. The fourth-order valence-electron chi connectivity index (χ4n) is 3.48. The predicted octanol–water partition coefficient (Wildman–Crippen LogP) is 4.95. The molecule has 0 saturated heterocycles. The molecule has 0 bridgehead atoms. The van der Waals surface area contributed by atoms with Gasteiger partial charge in [0.2, 0.25) is 5.78 Å². The molecule has 0 atom stereocenters. The standard InChI is InChI=1S/C22H16F5N3O/c1-2-12-11-28-21-19(31)10-18(13-3-5-14(6-4-13)22(25,26)27)29-30(21)20(12)16-8-7-15(23)9-17(16)24/h3-10,29H,2,11H2,1H3. The van der Waals surface area contributed by atoms with Crippen LogP contribution in [-0.2, 0) is 11.0 Å². The maximum Gasteiger partial charge on any atom is 0.416 e. The highest BCUT2D eigenvalue weighted by Gasteiger charge is 2.34. The van der Waals surface area contributed by atoms with Crippen LogP contribution in [0.5, 0.6) is 0 Å². The Kier molecular flexibility index (Phi) is 5.12. The van der Waals surface area contributed by atoms with Gasteiger partial charge in [0.05, 0.1) is 23.5 Å². The minimum Gasteiger partial charge on any atom is -0.292 e. The number of hydrogen-bond donors (Lipinski definition) is 1. The SMILES string of the molecule is CCC1=C(c2ccc(F)cc2F)N2NC(c3ccc(C(F)(F)F)cc3)=CC(=O)C2=NC1. The number of hydrazine groups is 1. The number of amidine groups is 1. The number of rotatable bonds is 3. The Morgan fingerprint density at radius 3 is 2.42 bits per heavy atom. The highest BCUT2D eigenvalue weighted by Crippen LogP contribution is 2.34. The number of carbonyl (C=O) groups excluding carboxylic acids is 1. The summed E-state index contributed by atoms with van der Waals surface area (Å²) in [5.74, 6) is -2.00. The van der Waals surface area contributed by atoms with E-state index < -0.39 is 29.2 Å². The molecule has 0 radical (unpaired) electrons. The Hall–Kier alpha value is -3.49. The van der Waals surface area contributed by atoms with Crippen LogP contribution in [0.2, 0.25) is 0 Å². The van der Waals surface area contributed by atoms with Gasteiger partial charge in [0.1, 0.15) is 11.6 Å². The van der Waals surface area contributed by atoms with Crippen molar-refractivity contribution in [1.82, 2.24) is 10.4 Å². The smallest absolute Gasteiger partial charge is 0.292 e. The van der Waals surface area contributed by atoms with Crippen LogP contribution in [0.4, 0.5) is 22.0 Å². The summed E-state index contributed by atoms with van der Waals surface area (Å²) in [6, 6.07) is 7.45. The monoisotopic (exact) mass is 433 g/mol. The fourth-order valence-corrected chi connectivity index (χ4v) is 3.48. The van der Waals surface area contributed by atoms with Gasteiger partial charge in [-0.05, 0) is 41.8 Å². The highest BCUT2D eigenvalue weighted by molar-refractivity contribution is 6.46. The van der Waals surface area contributed by atoms with Crippen LogP contribution < -0.4 is 5.43 Å². The molecule has 0 aromatic heterocycles. The van der Waals surface area contributed by atoms with Crippen molar-refractivity contribution in [3.63, 3.8) is 0 Å². The molecule has 160 valence electrons. The summed E-state index contributed by atoms with van der Waals surface area (Å²) in [6.45, 7) is 2.01. The molecule has 4 nitrogen and oxygen atoms in total. The third-order valence-electron chi connectivity index (χ3n) is 5.05. The number of nitrogens with zero attached hydrogens (tertiary/aromatic N) is 2. The van der Waals surface area contributed by atoms with E-state index in [-0.39, 0.29) is 23.6 Å². The summed E-state index contributed by atoms with van der Waals surface area (Å²) in [4.78, 5) is 17.0. The van der Waals surface area contributed by atoms with E-state index in [4.69, 9.17) is 0 Å². The number of alkyl halides is 3. The quantitative estimate of drug-likeness (QED) is 0.697. The average molecular weight is 433 g/mol. The van der Waals surface area contributed by atoms with Gasteiger partial charge in [-0.25, -0.2) is 13.8 Å². The second-order valence-corrected chi connectivity index (χ2v) is 7.01. The lowest BCUT2D eigenvalue weighted by Crippen LogP contribution is -2.49. The molecule has 2 heterocycles. The lowest BCUT2D eigenvalue weighted by molar-refractivity contribution is -0.137. The van der Waals surface area contributed by atoms with Crippen molar-refractivity contribution in [3.05, 3.63) is 82.4 Å². The number of ketones is 1. The molecule has 31 heavy (non-hydrogen) atoms. The molecule has 0 amide bonds. The molecular weight excluding hydrogens is 417 g/mol. The van der Waals surface area contributed by atoms with Gasteiger partial charge in [-0.3, -0.25) is 15.2 Å². The van der Waals surface area contributed by atoms with Crippen LogP contribution in [0.15, 0.2) is 59.1 Å². The van der Waals surface area contributed by atoms with E-state index in [2.05, 4.69) is 10.4 Å². The van der Waals surface area contributed by atoms with Crippen molar-refractivity contribution < 1.29 is 26.7 Å². The molecule has 0 fully saturated rings. The lowest BCUT2D eigenvalue weighted by Gasteiger charge is -2.37. The summed E-state index contributed by atoms with van der Waals surface area (Å²) >= 11 is 0. The molecule has 2 aromatic carbocycles. The summed E-state index contributed by atoms with van der Waals surface area (Å²) in [5, 5.41) is 1.31. The molecule has 2 aliphatic rings. The number of halogens is 5. The van der Waals surface area contributed by atoms with Crippen LogP contribution >= 0.6 is 0 Å². The van der Waals surface area contributed by atoms with Gasteiger partial charge in [0, 0.05) is 17.7 Å². The van der Waals surface area contributed by atoms with Gasteiger partial charge in [0.25, 0.3) is 0 Å². The first-order valence-electron chi connectivity index (χ1n) is 9.41. The summed E-state index contributed by atoms with van der Waals surface area (Å²) < 4.78 is 66.6. The van der Waals surface area contributed by atoms with Gasteiger partial charge in [-0.15, -0.1) is 0 Å². The molecule has 0 saturated carbocycles. The van der Waals surface area contributed by atoms with Crippen molar-refractivity contribution in [2.45, 2.75) is 19.5 Å². The fraction of sp³-hybridized carbons (Fsp3) is 0.182. The topological polar surface area (TPSA) is 44.7 Å². The van der Waals surface area contributed by atoms with Gasteiger partial charge in [-0.1, -0.05) is 19.1 Å². The number of aliphatic imine (C=N–C) groups is 1. The van der Waals surface area contributed by atoms with Gasteiger partial charge in [-0.2, -0.15) is 13.2 Å². The Labute approximate surface area is 174 Å². The third-order valence-corrected chi connectivity index (χ3v) is 5.05. The van der Waals surface area contributed by atoms with E-state index in [1.165, 1.54) is 29.3 Å². The van der Waals surface area contributed by atoms with Crippen LogP contribution in [0.1, 0.15) is 30.0 Å². The Morgan fingerprint density at radius 2 is 1.81 bits per heavy atom.